The van der Waals surface area contributed by atoms with E-state index in [0.29, 0.717) is 23.9 Å². The third-order valence-electron chi connectivity index (χ3n) is 3.37. The van der Waals surface area contributed by atoms with E-state index in [-0.39, 0.29) is 12.1 Å². The predicted molar refractivity (Wildman–Crippen MR) is 87.8 cm³/mol. The summed E-state index contributed by atoms with van der Waals surface area (Å²) in [4.78, 5) is 13.8. The van der Waals surface area contributed by atoms with Crippen molar-refractivity contribution in [2.45, 2.75) is 38.8 Å². The van der Waals surface area contributed by atoms with Gasteiger partial charge in [-0.25, -0.2) is 4.79 Å². The molecule has 1 fully saturated rings. The maximum atomic E-state index is 12.1. The summed E-state index contributed by atoms with van der Waals surface area (Å²) in [6.07, 6.45) is 0.587. The molecule has 1 N–H and O–H groups in total. The number of carbonyl (C=O) groups is 1. The summed E-state index contributed by atoms with van der Waals surface area (Å²) in [6, 6.07) is 5.72. The number of rotatable bonds is 3. The van der Waals surface area contributed by atoms with E-state index < -0.39 is 5.60 Å². The van der Waals surface area contributed by atoms with E-state index >= 15 is 0 Å². The predicted octanol–water partition coefficient (Wildman–Crippen LogP) is 3.77. The van der Waals surface area contributed by atoms with Gasteiger partial charge in [-0.3, -0.25) is 0 Å². The second kappa shape index (κ2) is 6.65. The Balaban J connectivity index is 1.97. The number of methoxy groups -OCH3 is 1. The Hall–Kier alpha value is -1.62. The van der Waals surface area contributed by atoms with Gasteiger partial charge in [0.25, 0.3) is 0 Å². The number of para-hydroxylation sites is 1. The van der Waals surface area contributed by atoms with Crippen molar-refractivity contribution in [2.75, 3.05) is 25.5 Å². The van der Waals surface area contributed by atoms with Crippen LogP contribution in [0.15, 0.2) is 18.2 Å². The fourth-order valence-electron chi connectivity index (χ4n) is 2.42. The fraction of sp³-hybridized carbons (Fsp3) is 0.562. The van der Waals surface area contributed by atoms with Crippen LogP contribution in [-0.4, -0.2) is 42.8 Å². The molecule has 1 atom stereocenters. The standard InChI is InChI=1S/C16H23ClN2O3/c1-16(2,3)22-15(20)19-9-8-11(10-19)18-13-7-5-6-12(17)14(13)21-4/h5-7,11,18H,8-10H2,1-4H3. The first-order valence-electron chi connectivity index (χ1n) is 7.37. The molecule has 1 heterocycles. The highest BCUT2D eigenvalue weighted by Crippen LogP contribution is 2.33. The molecule has 0 bridgehead atoms. The van der Waals surface area contributed by atoms with Crippen molar-refractivity contribution >= 4 is 23.4 Å². The van der Waals surface area contributed by atoms with Gasteiger partial charge in [-0.1, -0.05) is 17.7 Å². The average Bonchev–Trinajstić information content (AvgIpc) is 2.86. The Morgan fingerprint density at radius 2 is 2.14 bits per heavy atom. The number of ether oxygens (including phenoxy) is 2. The maximum absolute atomic E-state index is 12.1. The van der Waals surface area contributed by atoms with Crippen molar-refractivity contribution in [3.63, 3.8) is 0 Å². The number of nitrogens with one attached hydrogen (secondary N) is 1. The molecule has 0 saturated carbocycles. The molecule has 0 radical (unpaired) electrons. The number of likely N-dealkylation sites (tertiary alicyclic amines) is 1. The number of carbonyl (C=O) groups excluding carboxylic acids is 1. The monoisotopic (exact) mass is 326 g/mol. The van der Waals surface area contributed by atoms with E-state index in [2.05, 4.69) is 5.32 Å². The Labute approximate surface area is 136 Å². The molecular weight excluding hydrogens is 304 g/mol. The SMILES string of the molecule is COc1c(Cl)cccc1NC1CCN(C(=O)OC(C)(C)C)C1. The Morgan fingerprint density at radius 3 is 2.77 bits per heavy atom. The first-order valence-corrected chi connectivity index (χ1v) is 7.75. The van der Waals surface area contributed by atoms with Gasteiger partial charge >= 0.3 is 6.09 Å². The number of anilines is 1. The topological polar surface area (TPSA) is 50.8 Å². The molecule has 0 spiro atoms. The summed E-state index contributed by atoms with van der Waals surface area (Å²) in [5.41, 5.74) is 0.365. The Morgan fingerprint density at radius 1 is 1.41 bits per heavy atom. The van der Waals surface area contributed by atoms with E-state index in [1.54, 1.807) is 18.1 Å². The zero-order valence-electron chi connectivity index (χ0n) is 13.5. The number of nitrogens with zero attached hydrogens (tertiary/aromatic N) is 1. The molecule has 1 unspecified atom stereocenters. The number of hydrogen-bond acceptors (Lipinski definition) is 4. The number of amides is 1. The molecule has 5 nitrogen and oxygen atoms in total. The molecular formula is C16H23ClN2O3. The minimum absolute atomic E-state index is 0.153. The molecule has 122 valence electrons. The molecule has 1 amide bonds. The van der Waals surface area contributed by atoms with Crippen LogP contribution in [0.25, 0.3) is 0 Å². The zero-order valence-corrected chi connectivity index (χ0v) is 14.2. The Kier molecular flexibility index (Phi) is 5.06. The highest BCUT2D eigenvalue weighted by molar-refractivity contribution is 6.32. The molecule has 2 rings (SSSR count). The van der Waals surface area contributed by atoms with Gasteiger partial charge in [0.1, 0.15) is 5.60 Å². The molecule has 1 aliphatic rings. The second-order valence-corrected chi connectivity index (χ2v) is 6.78. The van der Waals surface area contributed by atoms with Crippen molar-refractivity contribution in [2.24, 2.45) is 0 Å². The van der Waals surface area contributed by atoms with Gasteiger partial charge in [-0.15, -0.1) is 0 Å². The molecule has 22 heavy (non-hydrogen) atoms. The van der Waals surface area contributed by atoms with Crippen LogP contribution in [-0.2, 0) is 4.74 Å². The van der Waals surface area contributed by atoms with Crippen LogP contribution in [0, 0.1) is 0 Å². The Bertz CT molecular complexity index is 543. The summed E-state index contributed by atoms with van der Waals surface area (Å²) in [5, 5.41) is 3.95. The number of halogens is 1. The molecule has 6 heteroatoms. The van der Waals surface area contributed by atoms with E-state index in [0.717, 1.165) is 12.1 Å². The van der Waals surface area contributed by atoms with Gasteiger partial charge in [-0.2, -0.15) is 0 Å². The lowest BCUT2D eigenvalue weighted by molar-refractivity contribution is 0.0293. The van der Waals surface area contributed by atoms with E-state index in [1.807, 2.05) is 32.9 Å². The summed E-state index contributed by atoms with van der Waals surface area (Å²) < 4.78 is 10.7. The first-order chi connectivity index (χ1) is 10.3. The van der Waals surface area contributed by atoms with E-state index in [4.69, 9.17) is 21.1 Å². The second-order valence-electron chi connectivity index (χ2n) is 6.38. The normalized spacial score (nSPS) is 18.2. The van der Waals surface area contributed by atoms with Gasteiger partial charge in [0, 0.05) is 19.1 Å². The van der Waals surface area contributed by atoms with Crippen molar-refractivity contribution in [3.05, 3.63) is 23.2 Å². The highest BCUT2D eigenvalue weighted by atomic mass is 35.5. The molecule has 0 aliphatic carbocycles. The lowest BCUT2D eigenvalue weighted by atomic mass is 10.2. The van der Waals surface area contributed by atoms with Crippen LogP contribution >= 0.6 is 11.6 Å². The molecule has 1 aromatic rings. The molecule has 1 aliphatic heterocycles. The molecule has 1 saturated heterocycles. The number of hydrogen-bond donors (Lipinski definition) is 1. The maximum Gasteiger partial charge on any atom is 0.410 e. The van der Waals surface area contributed by atoms with Gasteiger partial charge in [0.2, 0.25) is 0 Å². The van der Waals surface area contributed by atoms with Crippen LogP contribution < -0.4 is 10.1 Å². The zero-order chi connectivity index (χ0) is 16.3. The lowest BCUT2D eigenvalue weighted by Gasteiger charge is -2.24. The third kappa shape index (κ3) is 4.19. The largest absolute Gasteiger partial charge is 0.493 e. The van der Waals surface area contributed by atoms with Crippen molar-refractivity contribution in [3.8, 4) is 5.75 Å². The van der Waals surface area contributed by atoms with Gasteiger partial charge in [0.15, 0.2) is 5.75 Å². The minimum atomic E-state index is -0.473. The highest BCUT2D eigenvalue weighted by Gasteiger charge is 2.30. The average molecular weight is 327 g/mol. The van der Waals surface area contributed by atoms with Gasteiger partial charge in [-0.05, 0) is 39.3 Å². The van der Waals surface area contributed by atoms with E-state index in [9.17, 15) is 4.79 Å². The van der Waals surface area contributed by atoms with E-state index in [1.165, 1.54) is 0 Å². The van der Waals surface area contributed by atoms with Crippen LogP contribution in [0.3, 0.4) is 0 Å². The molecule has 0 aromatic heterocycles. The van der Waals surface area contributed by atoms with Crippen LogP contribution in [0.2, 0.25) is 5.02 Å². The quantitative estimate of drug-likeness (QED) is 0.918. The lowest BCUT2D eigenvalue weighted by Crippen LogP contribution is -2.36. The van der Waals surface area contributed by atoms with Crippen LogP contribution in [0.5, 0.6) is 5.75 Å². The number of benzene rings is 1. The van der Waals surface area contributed by atoms with Crippen molar-refractivity contribution in [1.82, 2.24) is 4.90 Å². The fourth-order valence-corrected chi connectivity index (χ4v) is 2.67. The smallest absolute Gasteiger partial charge is 0.410 e. The summed E-state index contributed by atoms with van der Waals surface area (Å²) >= 11 is 6.12. The van der Waals surface area contributed by atoms with Crippen molar-refractivity contribution < 1.29 is 14.3 Å². The van der Waals surface area contributed by atoms with Gasteiger partial charge < -0.3 is 19.7 Å². The van der Waals surface area contributed by atoms with Crippen molar-refractivity contribution in [1.29, 1.82) is 0 Å². The minimum Gasteiger partial charge on any atom is -0.493 e. The summed E-state index contributed by atoms with van der Waals surface area (Å²) in [6.45, 7) is 6.88. The third-order valence-corrected chi connectivity index (χ3v) is 3.67. The molecule has 1 aromatic carbocycles. The summed E-state index contributed by atoms with van der Waals surface area (Å²) in [5.74, 6) is 0.625. The van der Waals surface area contributed by atoms with Crippen LogP contribution in [0.1, 0.15) is 27.2 Å². The van der Waals surface area contributed by atoms with Crippen LogP contribution in [0.4, 0.5) is 10.5 Å². The van der Waals surface area contributed by atoms with Gasteiger partial charge in [0.05, 0.1) is 17.8 Å². The summed E-state index contributed by atoms with van der Waals surface area (Å²) in [7, 11) is 1.59. The first kappa shape index (κ1) is 16.7.